The van der Waals surface area contributed by atoms with Crippen LogP contribution in [0.4, 0.5) is 0 Å². The van der Waals surface area contributed by atoms with Crippen molar-refractivity contribution >= 4 is 39.5 Å². The van der Waals surface area contributed by atoms with Crippen molar-refractivity contribution in [3.8, 4) is 0 Å². The number of hydrogen-bond acceptors (Lipinski definition) is 15. The Kier molecular flexibility index (Phi) is 68.8. The van der Waals surface area contributed by atoms with E-state index in [0.717, 1.165) is 115 Å². The number of carbonyl (C=O) groups is 4. The van der Waals surface area contributed by atoms with Gasteiger partial charge in [0.1, 0.15) is 19.3 Å². The molecule has 0 aliphatic rings. The Morgan fingerprint density at radius 1 is 0.320 bits per heavy atom. The molecule has 5 atom stereocenters. The van der Waals surface area contributed by atoms with Gasteiger partial charge in [-0.3, -0.25) is 37.3 Å². The Balaban J connectivity index is 5.28. The minimum Gasteiger partial charge on any atom is -0.462 e. The molecule has 0 radical (unpaired) electrons. The molecule has 0 aromatic carbocycles. The van der Waals surface area contributed by atoms with E-state index in [9.17, 15) is 43.2 Å². The quantitative estimate of drug-likeness (QED) is 0.0169. The number of phosphoric acid groups is 2. The molecule has 0 aromatic heterocycles. The van der Waals surface area contributed by atoms with Crippen molar-refractivity contribution in [2.75, 3.05) is 39.6 Å². The third-order valence-corrected chi connectivity index (χ3v) is 19.6. The highest BCUT2D eigenvalue weighted by Crippen LogP contribution is 2.45. The zero-order valence-corrected chi connectivity index (χ0v) is 64.5. The maximum absolute atomic E-state index is 13.1. The van der Waals surface area contributed by atoms with Gasteiger partial charge >= 0.3 is 39.5 Å². The van der Waals surface area contributed by atoms with E-state index < -0.39 is 97.5 Å². The van der Waals surface area contributed by atoms with Gasteiger partial charge < -0.3 is 33.8 Å². The van der Waals surface area contributed by atoms with E-state index in [-0.39, 0.29) is 25.7 Å². The third-order valence-electron chi connectivity index (χ3n) is 17.7. The van der Waals surface area contributed by atoms with E-state index in [4.69, 9.17) is 37.0 Å². The number of aliphatic hydroxyl groups is 1. The van der Waals surface area contributed by atoms with Crippen LogP contribution < -0.4 is 0 Å². The average Bonchev–Trinajstić information content (AvgIpc) is 2.19. The first-order valence-corrected chi connectivity index (χ1v) is 42.9. The maximum Gasteiger partial charge on any atom is 0.472 e. The molecule has 2 unspecified atom stereocenters. The summed E-state index contributed by atoms with van der Waals surface area (Å²) in [5, 5.41) is 10.6. The van der Waals surface area contributed by atoms with Crippen LogP contribution in [0.25, 0.3) is 0 Å². The zero-order chi connectivity index (χ0) is 71.2. The first-order chi connectivity index (χ1) is 47.0. The molecule has 3 N–H and O–H groups in total. The highest BCUT2D eigenvalue weighted by molar-refractivity contribution is 7.47. The van der Waals surface area contributed by atoms with Crippen LogP contribution >= 0.6 is 15.6 Å². The molecule has 0 spiro atoms. The first-order valence-electron chi connectivity index (χ1n) is 40.0. The fourth-order valence-corrected chi connectivity index (χ4v) is 13.1. The lowest BCUT2D eigenvalue weighted by molar-refractivity contribution is -0.161. The Labute approximate surface area is 592 Å². The number of carbonyl (C=O) groups excluding carboxylic acids is 4. The highest BCUT2D eigenvalue weighted by Gasteiger charge is 2.30. The Morgan fingerprint density at radius 3 is 0.845 bits per heavy atom. The molecule has 0 aromatic rings. The lowest BCUT2D eigenvalue weighted by Crippen LogP contribution is -2.30. The van der Waals surface area contributed by atoms with Crippen LogP contribution in [0.5, 0.6) is 0 Å². The van der Waals surface area contributed by atoms with Gasteiger partial charge in [-0.25, -0.2) is 9.13 Å². The van der Waals surface area contributed by atoms with E-state index >= 15 is 0 Å². The molecular formula is C78H148O17P2. The van der Waals surface area contributed by atoms with Gasteiger partial charge in [0, 0.05) is 25.7 Å². The van der Waals surface area contributed by atoms with Gasteiger partial charge in [0.25, 0.3) is 0 Å². The summed E-state index contributed by atoms with van der Waals surface area (Å²) in [6, 6.07) is 0. The van der Waals surface area contributed by atoms with E-state index in [1.807, 2.05) is 0 Å². The molecule has 0 aliphatic carbocycles. The Bertz CT molecular complexity index is 1950. The zero-order valence-electron chi connectivity index (χ0n) is 62.7. The van der Waals surface area contributed by atoms with Crippen LogP contribution in [0.3, 0.4) is 0 Å². The van der Waals surface area contributed by atoms with E-state index in [0.29, 0.717) is 25.7 Å². The number of ether oxygens (including phenoxy) is 4. The smallest absolute Gasteiger partial charge is 0.462 e. The van der Waals surface area contributed by atoms with Crippen LogP contribution in [0, 0.1) is 5.92 Å². The van der Waals surface area contributed by atoms with Gasteiger partial charge in [0.05, 0.1) is 26.4 Å². The standard InChI is InChI=1S/C78H148O17P2/c1-6-9-12-15-18-21-24-26-28-33-37-42-47-52-57-62-76(81)89-68-74(95-78(83)64-59-54-49-44-39-35-31-30-32-36-40-45-50-55-60-71(4)5)70-93-97(86,87)91-66-72(79)65-90-96(84,85)92-69-73(67-88-75(80)61-56-51-46-41-23-20-17-14-11-8-3)94-77(82)63-58-53-48-43-38-34-29-27-25-22-19-16-13-10-7-2/h21,24,26,28,71-74,79H,6-20,22-23,25,27,29-70H2,1-5H3,(H,84,85)(H,86,87)/b24-21-,28-26-/t72-,73+,74+/m0/s1. The number of unbranched alkanes of at least 4 members (excludes halogenated alkanes) is 45. The summed E-state index contributed by atoms with van der Waals surface area (Å²) in [7, 11) is -9.92. The van der Waals surface area contributed by atoms with Crippen LogP contribution in [0.15, 0.2) is 24.3 Å². The van der Waals surface area contributed by atoms with Crippen LogP contribution in [0.1, 0.15) is 388 Å². The van der Waals surface area contributed by atoms with Gasteiger partial charge in [-0.2, -0.15) is 0 Å². The number of allylic oxidation sites excluding steroid dienone is 4. The molecule has 0 aliphatic heterocycles. The van der Waals surface area contributed by atoms with Gasteiger partial charge in [-0.15, -0.1) is 0 Å². The number of phosphoric ester groups is 2. The molecule has 0 amide bonds. The summed E-state index contributed by atoms with van der Waals surface area (Å²) in [6.45, 7) is 7.26. The van der Waals surface area contributed by atoms with Gasteiger partial charge in [-0.05, 0) is 57.3 Å². The number of rotatable bonds is 76. The second-order valence-electron chi connectivity index (χ2n) is 27.9. The summed E-state index contributed by atoms with van der Waals surface area (Å²) in [5.41, 5.74) is 0. The molecule has 19 heteroatoms. The predicted octanol–water partition coefficient (Wildman–Crippen LogP) is 22.8. The van der Waals surface area contributed by atoms with Crippen molar-refractivity contribution in [2.45, 2.75) is 406 Å². The van der Waals surface area contributed by atoms with Crippen LogP contribution in [-0.4, -0.2) is 96.7 Å². The summed E-state index contributed by atoms with van der Waals surface area (Å²) < 4.78 is 68.6. The van der Waals surface area contributed by atoms with Crippen molar-refractivity contribution in [1.29, 1.82) is 0 Å². The molecule has 0 fully saturated rings. The first kappa shape index (κ1) is 94.5. The fourth-order valence-electron chi connectivity index (χ4n) is 11.5. The highest BCUT2D eigenvalue weighted by atomic mass is 31.2. The van der Waals surface area contributed by atoms with Crippen molar-refractivity contribution in [1.82, 2.24) is 0 Å². The molecule has 97 heavy (non-hydrogen) atoms. The summed E-state index contributed by atoms with van der Waals surface area (Å²) >= 11 is 0. The Morgan fingerprint density at radius 2 is 0.557 bits per heavy atom. The SMILES string of the molecule is CCCCCC/C=C\C=C/CCCCCCCC(=O)OC[C@H](COP(=O)(O)OC[C@@H](O)COP(=O)(O)OC[C@@H](COC(=O)CCCCCCCCCCCC)OC(=O)CCCCCCCCCCCCCCCCC)OC(=O)CCCCCCCCCCCCCCCCC(C)C. The third kappa shape index (κ3) is 71.7. The van der Waals surface area contributed by atoms with Crippen molar-refractivity contribution in [3.63, 3.8) is 0 Å². The maximum atomic E-state index is 13.1. The van der Waals surface area contributed by atoms with Crippen LogP contribution in [-0.2, 0) is 65.4 Å². The number of aliphatic hydroxyl groups excluding tert-OH is 1. The molecule has 0 rings (SSSR count). The van der Waals surface area contributed by atoms with E-state index in [2.05, 4.69) is 58.9 Å². The lowest BCUT2D eigenvalue weighted by atomic mass is 10.0. The predicted molar refractivity (Wildman–Crippen MR) is 395 cm³/mol. The molecule has 572 valence electrons. The topological polar surface area (TPSA) is 237 Å². The van der Waals surface area contributed by atoms with E-state index in [1.54, 1.807) is 0 Å². The summed E-state index contributed by atoms with van der Waals surface area (Å²) in [5.74, 6) is -1.35. The van der Waals surface area contributed by atoms with Gasteiger partial charge in [0.2, 0.25) is 0 Å². The lowest BCUT2D eigenvalue weighted by Gasteiger charge is -2.21. The number of esters is 4. The summed E-state index contributed by atoms with van der Waals surface area (Å²) in [4.78, 5) is 72.9. The van der Waals surface area contributed by atoms with Crippen LogP contribution in [0.2, 0.25) is 0 Å². The number of hydrogen-bond donors (Lipinski definition) is 3. The normalized spacial score (nSPS) is 14.1. The molecule has 0 bridgehead atoms. The van der Waals surface area contributed by atoms with E-state index in [1.165, 1.54) is 193 Å². The van der Waals surface area contributed by atoms with Gasteiger partial charge in [0.15, 0.2) is 12.2 Å². The molecular weight excluding hydrogens is 1270 g/mol. The second kappa shape index (κ2) is 70.6. The minimum absolute atomic E-state index is 0.101. The molecule has 0 heterocycles. The average molecular weight is 1420 g/mol. The molecule has 17 nitrogen and oxygen atoms in total. The van der Waals surface area contributed by atoms with Crippen molar-refractivity contribution in [3.05, 3.63) is 24.3 Å². The molecule has 0 saturated heterocycles. The van der Waals surface area contributed by atoms with Gasteiger partial charge in [-0.1, -0.05) is 335 Å². The second-order valence-corrected chi connectivity index (χ2v) is 30.8. The summed E-state index contributed by atoms with van der Waals surface area (Å²) in [6.07, 6.45) is 63.1. The van der Waals surface area contributed by atoms with Crippen molar-refractivity contribution in [2.24, 2.45) is 5.92 Å². The minimum atomic E-state index is -4.97. The monoisotopic (exact) mass is 1420 g/mol. The Hall–Kier alpha value is -2.46. The van der Waals surface area contributed by atoms with Crippen molar-refractivity contribution < 1.29 is 80.2 Å². The largest absolute Gasteiger partial charge is 0.472 e. The fraction of sp³-hybridized carbons (Fsp3) is 0.897. The molecule has 0 saturated carbocycles.